The molecule has 3 amide bonds. The molecule has 0 aliphatic carbocycles. The molecule has 0 saturated carbocycles. The summed E-state index contributed by atoms with van der Waals surface area (Å²) in [5.74, 6) is -0.0704. The van der Waals surface area contributed by atoms with E-state index in [-0.39, 0.29) is 11.9 Å². The fraction of sp³-hybridized carbons (Fsp3) is 0.385. The Balaban J connectivity index is 2.31. The molecule has 0 heterocycles. The maximum absolute atomic E-state index is 11.6. The molecule has 0 unspecified atom stereocenters. The van der Waals surface area contributed by atoms with Crippen molar-refractivity contribution in [3.63, 3.8) is 0 Å². The fourth-order valence-electron chi connectivity index (χ4n) is 1.46. The van der Waals surface area contributed by atoms with Crippen molar-refractivity contribution in [1.29, 1.82) is 0 Å². The predicted octanol–water partition coefficient (Wildman–Crippen LogP) is 2.30. The lowest BCUT2D eigenvalue weighted by molar-refractivity contribution is -0.118. The summed E-state index contributed by atoms with van der Waals surface area (Å²) in [5.41, 5.74) is 1.52. The average molecular weight is 284 g/mol. The van der Waals surface area contributed by atoms with E-state index in [9.17, 15) is 9.59 Å². The molecule has 6 heteroatoms. The summed E-state index contributed by atoms with van der Waals surface area (Å²) in [6.07, 6.45) is 0.682. The second kappa shape index (κ2) is 7.63. The highest BCUT2D eigenvalue weighted by molar-refractivity contribution is 6.31. The number of carbonyl (C=O) groups excluding carboxylic acids is 2. The number of hydrogen-bond donors (Lipinski definition) is 3. The second-order valence-electron chi connectivity index (χ2n) is 4.13. The van der Waals surface area contributed by atoms with Crippen molar-refractivity contribution in [2.24, 2.45) is 0 Å². The van der Waals surface area contributed by atoms with Crippen LogP contribution in [0.4, 0.5) is 10.5 Å². The van der Waals surface area contributed by atoms with Crippen molar-refractivity contribution in [3.8, 4) is 0 Å². The zero-order valence-electron chi connectivity index (χ0n) is 11.0. The maximum atomic E-state index is 11.6. The first-order valence-corrected chi connectivity index (χ1v) is 6.43. The van der Waals surface area contributed by atoms with Crippen molar-refractivity contribution in [3.05, 3.63) is 28.8 Å². The van der Waals surface area contributed by atoms with E-state index in [2.05, 4.69) is 16.0 Å². The van der Waals surface area contributed by atoms with Crippen LogP contribution in [0, 0.1) is 6.92 Å². The molecule has 0 atom stereocenters. The number of amides is 3. The second-order valence-corrected chi connectivity index (χ2v) is 4.54. The van der Waals surface area contributed by atoms with Gasteiger partial charge >= 0.3 is 6.03 Å². The first kappa shape index (κ1) is 15.3. The standard InChI is InChI=1S/C13H18ClN3O2/c1-9-11(14)5-3-6-12(9)17-13(19)16-8-4-7-15-10(2)18/h3,5-6H,4,7-8H2,1-2H3,(H,15,18)(H2,16,17,19). The van der Waals surface area contributed by atoms with Crippen LogP contribution in [-0.4, -0.2) is 25.0 Å². The molecule has 5 nitrogen and oxygen atoms in total. The number of hydrogen-bond acceptors (Lipinski definition) is 2. The largest absolute Gasteiger partial charge is 0.356 e. The lowest BCUT2D eigenvalue weighted by Gasteiger charge is -2.10. The molecular weight excluding hydrogens is 266 g/mol. The molecule has 0 bridgehead atoms. The van der Waals surface area contributed by atoms with Gasteiger partial charge in [0.05, 0.1) is 0 Å². The van der Waals surface area contributed by atoms with Gasteiger partial charge in [0.2, 0.25) is 5.91 Å². The third kappa shape index (κ3) is 5.61. The highest BCUT2D eigenvalue weighted by atomic mass is 35.5. The van der Waals surface area contributed by atoms with Crippen molar-refractivity contribution < 1.29 is 9.59 Å². The SMILES string of the molecule is CC(=O)NCCCNC(=O)Nc1cccc(Cl)c1C. The number of nitrogens with one attached hydrogen (secondary N) is 3. The molecule has 0 saturated heterocycles. The molecule has 1 rings (SSSR count). The van der Waals surface area contributed by atoms with Gasteiger partial charge in [0, 0.05) is 30.7 Å². The van der Waals surface area contributed by atoms with Crippen molar-refractivity contribution >= 4 is 29.2 Å². The molecule has 1 aromatic rings. The average Bonchev–Trinajstić information content (AvgIpc) is 2.34. The minimum absolute atomic E-state index is 0.0704. The van der Waals surface area contributed by atoms with E-state index in [0.29, 0.717) is 30.2 Å². The Hall–Kier alpha value is -1.75. The van der Waals surface area contributed by atoms with Gasteiger partial charge in [-0.2, -0.15) is 0 Å². The Bertz CT molecular complexity index is 463. The van der Waals surface area contributed by atoms with Crippen LogP contribution in [0.5, 0.6) is 0 Å². The van der Waals surface area contributed by atoms with E-state index in [0.717, 1.165) is 5.56 Å². The molecule has 0 aliphatic heterocycles. The number of carbonyl (C=O) groups is 2. The molecule has 3 N–H and O–H groups in total. The van der Waals surface area contributed by atoms with Crippen LogP contribution in [0.1, 0.15) is 18.9 Å². The Morgan fingerprint density at radius 3 is 2.58 bits per heavy atom. The highest BCUT2D eigenvalue weighted by Crippen LogP contribution is 2.22. The lowest BCUT2D eigenvalue weighted by atomic mass is 10.2. The third-order valence-corrected chi connectivity index (χ3v) is 2.94. The number of benzene rings is 1. The van der Waals surface area contributed by atoms with E-state index in [1.165, 1.54) is 6.92 Å². The van der Waals surface area contributed by atoms with Crippen molar-refractivity contribution in [2.75, 3.05) is 18.4 Å². The van der Waals surface area contributed by atoms with Gasteiger partial charge < -0.3 is 16.0 Å². The van der Waals surface area contributed by atoms with Crippen LogP contribution in [0.2, 0.25) is 5.02 Å². The van der Waals surface area contributed by atoms with Crippen LogP contribution in [0.3, 0.4) is 0 Å². The van der Waals surface area contributed by atoms with Gasteiger partial charge in [0.25, 0.3) is 0 Å². The quantitative estimate of drug-likeness (QED) is 0.726. The summed E-state index contributed by atoms with van der Waals surface area (Å²) in [5, 5.41) is 8.71. The van der Waals surface area contributed by atoms with Gasteiger partial charge in [-0.25, -0.2) is 4.79 Å². The smallest absolute Gasteiger partial charge is 0.319 e. The van der Waals surface area contributed by atoms with Crippen LogP contribution in [0.15, 0.2) is 18.2 Å². The van der Waals surface area contributed by atoms with Crippen LogP contribution in [0.25, 0.3) is 0 Å². The number of halogens is 1. The van der Waals surface area contributed by atoms with Gasteiger partial charge in [-0.15, -0.1) is 0 Å². The summed E-state index contributed by atoms with van der Waals surface area (Å²) in [6, 6.07) is 5.06. The van der Waals surface area contributed by atoms with Gasteiger partial charge in [0.1, 0.15) is 0 Å². The number of rotatable bonds is 5. The molecular formula is C13H18ClN3O2. The topological polar surface area (TPSA) is 70.2 Å². The summed E-state index contributed by atoms with van der Waals surface area (Å²) in [7, 11) is 0. The summed E-state index contributed by atoms with van der Waals surface area (Å²) in [4.78, 5) is 22.2. The van der Waals surface area contributed by atoms with E-state index in [4.69, 9.17) is 11.6 Å². The van der Waals surface area contributed by atoms with E-state index >= 15 is 0 Å². The molecule has 0 fully saturated rings. The summed E-state index contributed by atoms with van der Waals surface area (Å²) < 4.78 is 0. The zero-order valence-corrected chi connectivity index (χ0v) is 11.8. The number of urea groups is 1. The van der Waals surface area contributed by atoms with Crippen LogP contribution in [-0.2, 0) is 4.79 Å². The van der Waals surface area contributed by atoms with Crippen molar-refractivity contribution in [1.82, 2.24) is 10.6 Å². The normalized spacial score (nSPS) is 9.84. The van der Waals surface area contributed by atoms with Crippen LogP contribution >= 0.6 is 11.6 Å². The molecule has 0 spiro atoms. The van der Waals surface area contributed by atoms with E-state index < -0.39 is 0 Å². The lowest BCUT2D eigenvalue weighted by Crippen LogP contribution is -2.32. The Morgan fingerprint density at radius 1 is 1.21 bits per heavy atom. The summed E-state index contributed by atoms with van der Waals surface area (Å²) in [6.45, 7) is 4.34. The Morgan fingerprint density at radius 2 is 1.89 bits per heavy atom. The van der Waals surface area contributed by atoms with Gasteiger partial charge in [-0.05, 0) is 31.0 Å². The Labute approximate surface area is 117 Å². The summed E-state index contributed by atoms with van der Waals surface area (Å²) >= 11 is 5.96. The number of anilines is 1. The first-order chi connectivity index (χ1) is 9.00. The predicted molar refractivity (Wildman–Crippen MR) is 76.5 cm³/mol. The van der Waals surface area contributed by atoms with Gasteiger partial charge in [0.15, 0.2) is 0 Å². The molecule has 104 valence electrons. The fourth-order valence-corrected chi connectivity index (χ4v) is 1.64. The zero-order chi connectivity index (χ0) is 14.3. The van der Waals surface area contributed by atoms with E-state index in [1.54, 1.807) is 18.2 Å². The molecule has 19 heavy (non-hydrogen) atoms. The molecule has 0 radical (unpaired) electrons. The first-order valence-electron chi connectivity index (χ1n) is 6.05. The maximum Gasteiger partial charge on any atom is 0.319 e. The van der Waals surface area contributed by atoms with Gasteiger partial charge in [-0.3, -0.25) is 4.79 Å². The minimum Gasteiger partial charge on any atom is -0.356 e. The van der Waals surface area contributed by atoms with Gasteiger partial charge in [-0.1, -0.05) is 17.7 Å². The highest BCUT2D eigenvalue weighted by Gasteiger charge is 2.05. The van der Waals surface area contributed by atoms with E-state index in [1.807, 2.05) is 6.92 Å². The third-order valence-electron chi connectivity index (χ3n) is 2.53. The molecule has 1 aromatic carbocycles. The molecule has 0 aromatic heterocycles. The van der Waals surface area contributed by atoms with Crippen LogP contribution < -0.4 is 16.0 Å². The minimum atomic E-state index is -0.284. The Kier molecular flexibility index (Phi) is 6.15. The van der Waals surface area contributed by atoms with Crippen molar-refractivity contribution in [2.45, 2.75) is 20.3 Å². The molecule has 0 aliphatic rings. The monoisotopic (exact) mass is 283 g/mol.